The molecule has 8 nitrogen and oxygen atoms in total. The molecule has 1 N–H and O–H groups in total. The monoisotopic (exact) mass is 460 g/mol. The van der Waals surface area contributed by atoms with Gasteiger partial charge in [-0.1, -0.05) is 18.6 Å². The number of carbonyl (C=O) groups is 3. The van der Waals surface area contributed by atoms with Crippen molar-refractivity contribution >= 4 is 23.7 Å². The summed E-state index contributed by atoms with van der Waals surface area (Å²) >= 11 is 0. The van der Waals surface area contributed by atoms with Crippen molar-refractivity contribution < 1.29 is 28.6 Å². The van der Waals surface area contributed by atoms with Gasteiger partial charge in [-0.15, -0.1) is 0 Å². The first kappa shape index (κ1) is 26.2. The molecule has 1 heterocycles. The second-order valence-electron chi connectivity index (χ2n) is 8.02. The number of anilines is 1. The van der Waals surface area contributed by atoms with E-state index in [1.807, 2.05) is 40.7 Å². The standard InChI is InChI=1S/C25H36N2O6/c1-7-14-32-20(28)13-11-16(4)10-12-18-22(26-25(30)27(8-2)9-3)21-19(15-33-24(21)29)17(5)23(18)31-6/h10H,7-9,11-15H2,1-6H3,(H,26,30)/b16-10+. The Balaban J connectivity index is 2.40. The van der Waals surface area contributed by atoms with Crippen LogP contribution in [0.5, 0.6) is 5.75 Å². The van der Waals surface area contributed by atoms with E-state index in [0.717, 1.165) is 23.1 Å². The number of urea groups is 1. The summed E-state index contributed by atoms with van der Waals surface area (Å²) < 4.78 is 16.1. The quantitative estimate of drug-likeness (QED) is 0.378. The Morgan fingerprint density at radius 2 is 1.88 bits per heavy atom. The normalized spacial score (nSPS) is 12.8. The van der Waals surface area contributed by atoms with Crippen LogP contribution in [0.25, 0.3) is 0 Å². The van der Waals surface area contributed by atoms with Crippen LogP contribution in [0.3, 0.4) is 0 Å². The number of cyclic esters (lactones) is 1. The third kappa shape index (κ3) is 6.27. The van der Waals surface area contributed by atoms with Crippen molar-refractivity contribution in [3.63, 3.8) is 0 Å². The number of hydrogen-bond acceptors (Lipinski definition) is 6. The van der Waals surface area contributed by atoms with Crippen LogP contribution in [0.15, 0.2) is 11.6 Å². The van der Waals surface area contributed by atoms with E-state index in [9.17, 15) is 14.4 Å². The molecule has 0 spiro atoms. The van der Waals surface area contributed by atoms with Crippen LogP contribution in [-0.4, -0.2) is 49.7 Å². The van der Waals surface area contributed by atoms with Gasteiger partial charge in [-0.2, -0.15) is 0 Å². The molecule has 0 aliphatic carbocycles. The number of esters is 2. The van der Waals surface area contributed by atoms with Crippen molar-refractivity contribution in [3.8, 4) is 5.75 Å². The van der Waals surface area contributed by atoms with Crippen LogP contribution in [0, 0.1) is 6.92 Å². The van der Waals surface area contributed by atoms with Crippen molar-refractivity contribution in [1.82, 2.24) is 4.90 Å². The number of hydrogen-bond donors (Lipinski definition) is 1. The highest BCUT2D eigenvalue weighted by Crippen LogP contribution is 2.41. The molecule has 33 heavy (non-hydrogen) atoms. The summed E-state index contributed by atoms with van der Waals surface area (Å²) in [5, 5.41) is 2.95. The molecule has 1 aliphatic heterocycles. The Hall–Kier alpha value is -3.03. The molecule has 1 aromatic carbocycles. The molecule has 0 fully saturated rings. The Bertz CT molecular complexity index is 918. The molecule has 2 rings (SSSR count). The second-order valence-corrected chi connectivity index (χ2v) is 8.02. The Morgan fingerprint density at radius 3 is 2.48 bits per heavy atom. The lowest BCUT2D eigenvalue weighted by atomic mass is 9.93. The van der Waals surface area contributed by atoms with Crippen molar-refractivity contribution in [3.05, 3.63) is 33.9 Å². The number of ether oxygens (including phenoxy) is 3. The minimum atomic E-state index is -0.453. The Morgan fingerprint density at radius 1 is 1.18 bits per heavy atom. The summed E-state index contributed by atoms with van der Waals surface area (Å²) in [4.78, 5) is 38.9. The maximum Gasteiger partial charge on any atom is 0.341 e. The average Bonchev–Trinajstić information content (AvgIpc) is 3.19. The second kappa shape index (κ2) is 12.3. The van der Waals surface area contributed by atoms with Gasteiger partial charge in [0, 0.05) is 30.6 Å². The zero-order valence-electron chi connectivity index (χ0n) is 20.6. The van der Waals surface area contributed by atoms with E-state index >= 15 is 0 Å². The van der Waals surface area contributed by atoms with E-state index in [4.69, 9.17) is 14.2 Å². The fourth-order valence-corrected chi connectivity index (χ4v) is 3.85. The number of nitrogens with zero attached hydrogens (tertiary/aromatic N) is 1. The minimum Gasteiger partial charge on any atom is -0.496 e. The highest BCUT2D eigenvalue weighted by Gasteiger charge is 2.33. The molecule has 1 aromatic rings. The summed E-state index contributed by atoms with van der Waals surface area (Å²) in [5.74, 6) is -0.0509. The molecular weight excluding hydrogens is 424 g/mol. The van der Waals surface area contributed by atoms with Gasteiger partial charge < -0.3 is 24.4 Å². The van der Waals surface area contributed by atoms with Crippen molar-refractivity contribution in [2.24, 2.45) is 0 Å². The highest BCUT2D eigenvalue weighted by atomic mass is 16.5. The molecule has 0 unspecified atom stereocenters. The molecule has 0 atom stereocenters. The van der Waals surface area contributed by atoms with Crippen LogP contribution in [-0.2, 0) is 27.3 Å². The molecule has 0 saturated heterocycles. The fraction of sp³-hybridized carbons (Fsp3) is 0.560. The van der Waals surface area contributed by atoms with Crippen LogP contribution in [0.1, 0.15) is 74.0 Å². The Kier molecular flexibility index (Phi) is 9.75. The summed E-state index contributed by atoms with van der Waals surface area (Å²) in [5.41, 5.74) is 4.09. The number of benzene rings is 1. The highest BCUT2D eigenvalue weighted by molar-refractivity contribution is 6.05. The zero-order valence-corrected chi connectivity index (χ0v) is 20.6. The molecule has 1 aliphatic rings. The number of nitrogens with one attached hydrogen (secondary N) is 1. The van der Waals surface area contributed by atoms with E-state index in [1.54, 1.807) is 12.0 Å². The number of fused-ring (bicyclic) bond motifs is 1. The molecular formula is C25H36N2O6. The van der Waals surface area contributed by atoms with Gasteiger partial charge in [0.2, 0.25) is 0 Å². The van der Waals surface area contributed by atoms with Crippen molar-refractivity contribution in [1.29, 1.82) is 0 Å². The van der Waals surface area contributed by atoms with E-state index in [-0.39, 0.29) is 18.6 Å². The molecule has 2 amide bonds. The molecule has 182 valence electrons. The number of amides is 2. The lowest BCUT2D eigenvalue weighted by Gasteiger charge is -2.23. The topological polar surface area (TPSA) is 94.2 Å². The van der Waals surface area contributed by atoms with Crippen LogP contribution >= 0.6 is 0 Å². The maximum absolute atomic E-state index is 12.9. The van der Waals surface area contributed by atoms with Crippen molar-refractivity contribution in [2.45, 2.75) is 66.9 Å². The summed E-state index contributed by atoms with van der Waals surface area (Å²) in [7, 11) is 1.58. The van der Waals surface area contributed by atoms with Gasteiger partial charge >= 0.3 is 18.0 Å². The van der Waals surface area contributed by atoms with E-state index in [0.29, 0.717) is 61.5 Å². The van der Waals surface area contributed by atoms with Gasteiger partial charge in [0.25, 0.3) is 0 Å². The number of allylic oxidation sites excluding steroid dienone is 2. The number of methoxy groups -OCH3 is 1. The van der Waals surface area contributed by atoms with Gasteiger partial charge in [-0.25, -0.2) is 9.59 Å². The first-order valence-corrected chi connectivity index (χ1v) is 11.5. The summed E-state index contributed by atoms with van der Waals surface area (Å²) in [6.45, 7) is 11.3. The van der Waals surface area contributed by atoms with Gasteiger partial charge in [0.1, 0.15) is 12.4 Å². The number of rotatable bonds is 11. The molecule has 0 saturated carbocycles. The lowest BCUT2D eigenvalue weighted by Crippen LogP contribution is -2.35. The third-order valence-electron chi connectivity index (χ3n) is 5.80. The SMILES string of the molecule is CCCOC(=O)CC/C(C)=C/Cc1c(NC(=O)N(CC)CC)c2c(c(C)c1OC)COC2=O. The maximum atomic E-state index is 12.9. The first-order valence-electron chi connectivity index (χ1n) is 11.5. The van der Waals surface area contributed by atoms with Gasteiger partial charge in [-0.05, 0) is 52.5 Å². The predicted molar refractivity (Wildman–Crippen MR) is 127 cm³/mol. The minimum absolute atomic E-state index is 0.152. The predicted octanol–water partition coefficient (Wildman–Crippen LogP) is 4.77. The lowest BCUT2D eigenvalue weighted by molar-refractivity contribution is -0.143. The van der Waals surface area contributed by atoms with Crippen molar-refractivity contribution in [2.75, 3.05) is 32.1 Å². The zero-order chi connectivity index (χ0) is 24.5. The summed E-state index contributed by atoms with van der Waals surface area (Å²) in [6.07, 6.45) is 4.08. The van der Waals surface area contributed by atoms with Gasteiger partial charge in [-0.3, -0.25) is 4.79 Å². The third-order valence-corrected chi connectivity index (χ3v) is 5.80. The first-order chi connectivity index (χ1) is 15.8. The molecule has 8 heteroatoms. The molecule has 0 radical (unpaired) electrons. The smallest absolute Gasteiger partial charge is 0.341 e. The van der Waals surface area contributed by atoms with Gasteiger partial charge in [0.15, 0.2) is 0 Å². The molecule has 0 aromatic heterocycles. The van der Waals surface area contributed by atoms with Crippen LogP contribution in [0.4, 0.5) is 10.5 Å². The fourth-order valence-electron chi connectivity index (χ4n) is 3.85. The van der Waals surface area contributed by atoms with Crippen LogP contribution in [0.2, 0.25) is 0 Å². The largest absolute Gasteiger partial charge is 0.496 e. The van der Waals surface area contributed by atoms with E-state index in [2.05, 4.69) is 5.32 Å². The van der Waals surface area contributed by atoms with Gasteiger partial charge in [0.05, 0.1) is 25.0 Å². The number of carbonyl (C=O) groups excluding carboxylic acids is 3. The Labute approximate surface area is 196 Å². The van der Waals surface area contributed by atoms with E-state index < -0.39 is 5.97 Å². The average molecular weight is 461 g/mol. The van der Waals surface area contributed by atoms with Crippen LogP contribution < -0.4 is 10.1 Å². The van der Waals surface area contributed by atoms with E-state index in [1.165, 1.54) is 0 Å². The summed E-state index contributed by atoms with van der Waals surface area (Å²) in [6, 6.07) is -0.284. The molecule has 0 bridgehead atoms.